The number of hydrogen-bond acceptors (Lipinski definition) is 2. The smallest absolute Gasteiger partial charge is 0.309 e. The van der Waals surface area contributed by atoms with Crippen LogP contribution in [-0.2, 0) is 9.53 Å². The molecule has 0 heterocycles. The van der Waals surface area contributed by atoms with E-state index in [1.165, 1.54) is 44.1 Å². The first-order valence-electron chi connectivity index (χ1n) is 7.13. The molecule has 3 aliphatic rings. The van der Waals surface area contributed by atoms with Crippen LogP contribution in [0.25, 0.3) is 0 Å². The molecule has 2 atom stereocenters. The Bertz CT molecular complexity index is 369. The van der Waals surface area contributed by atoms with Crippen LogP contribution in [0.15, 0.2) is 11.1 Å². The zero-order chi connectivity index (χ0) is 11.9. The number of carbonyl (C=O) groups excluding carboxylic acids is 1. The van der Waals surface area contributed by atoms with E-state index in [0.29, 0.717) is 18.4 Å². The van der Waals surface area contributed by atoms with Crippen molar-refractivity contribution in [3.63, 3.8) is 0 Å². The molecule has 17 heavy (non-hydrogen) atoms. The second-order valence-electron chi connectivity index (χ2n) is 5.87. The summed E-state index contributed by atoms with van der Waals surface area (Å²) in [5, 5.41) is 0. The van der Waals surface area contributed by atoms with E-state index in [-0.39, 0.29) is 5.97 Å². The lowest BCUT2D eigenvalue weighted by molar-refractivity contribution is -0.142. The van der Waals surface area contributed by atoms with Gasteiger partial charge in [-0.05, 0) is 56.8 Å². The van der Waals surface area contributed by atoms with Gasteiger partial charge in [0.2, 0.25) is 0 Å². The Hall–Kier alpha value is -0.790. The standard InChI is InChI=1S/C15H22O2/c1-2-17-14(16)9-11-5-3-7-13(11)15-8-4-6-12(15)10-15/h12H,2-10H2,1H3. The summed E-state index contributed by atoms with van der Waals surface area (Å²) >= 11 is 0. The molecule has 0 amide bonds. The molecule has 0 saturated heterocycles. The van der Waals surface area contributed by atoms with Gasteiger partial charge >= 0.3 is 5.97 Å². The van der Waals surface area contributed by atoms with Gasteiger partial charge in [0.1, 0.15) is 0 Å². The van der Waals surface area contributed by atoms with Gasteiger partial charge in [-0.25, -0.2) is 0 Å². The number of rotatable bonds is 4. The highest BCUT2D eigenvalue weighted by Crippen LogP contribution is 2.69. The molecular weight excluding hydrogens is 212 g/mol. The maximum absolute atomic E-state index is 11.6. The van der Waals surface area contributed by atoms with E-state index in [2.05, 4.69) is 0 Å². The van der Waals surface area contributed by atoms with Crippen molar-refractivity contribution in [3.8, 4) is 0 Å². The first kappa shape index (κ1) is 11.3. The molecular formula is C15H22O2. The highest BCUT2D eigenvalue weighted by molar-refractivity contribution is 5.73. The molecule has 3 rings (SSSR count). The van der Waals surface area contributed by atoms with E-state index in [4.69, 9.17) is 4.74 Å². The Balaban J connectivity index is 1.75. The van der Waals surface area contributed by atoms with Crippen molar-refractivity contribution in [2.75, 3.05) is 6.61 Å². The Morgan fingerprint density at radius 2 is 2.29 bits per heavy atom. The Kier molecular flexibility index (Phi) is 2.76. The molecule has 0 N–H and O–H groups in total. The molecule has 0 spiro atoms. The van der Waals surface area contributed by atoms with Crippen molar-refractivity contribution in [2.45, 2.75) is 58.3 Å². The summed E-state index contributed by atoms with van der Waals surface area (Å²) in [5.74, 6) is 0.946. The van der Waals surface area contributed by atoms with E-state index in [1.807, 2.05) is 6.92 Å². The van der Waals surface area contributed by atoms with E-state index in [0.717, 1.165) is 12.3 Å². The van der Waals surface area contributed by atoms with Gasteiger partial charge in [0, 0.05) is 0 Å². The van der Waals surface area contributed by atoms with Crippen molar-refractivity contribution in [1.82, 2.24) is 0 Å². The molecule has 2 saturated carbocycles. The van der Waals surface area contributed by atoms with Gasteiger partial charge in [0.05, 0.1) is 13.0 Å². The molecule has 0 aromatic rings. The van der Waals surface area contributed by atoms with Crippen molar-refractivity contribution >= 4 is 5.97 Å². The fraction of sp³-hybridized carbons (Fsp3) is 0.800. The Morgan fingerprint density at radius 3 is 2.94 bits per heavy atom. The van der Waals surface area contributed by atoms with Crippen molar-refractivity contribution < 1.29 is 9.53 Å². The second kappa shape index (κ2) is 4.15. The zero-order valence-electron chi connectivity index (χ0n) is 10.8. The van der Waals surface area contributed by atoms with Crippen LogP contribution in [0, 0.1) is 11.3 Å². The average molecular weight is 234 g/mol. The zero-order valence-corrected chi connectivity index (χ0v) is 10.8. The number of carbonyl (C=O) groups is 1. The van der Waals surface area contributed by atoms with Gasteiger partial charge in [-0.15, -0.1) is 0 Å². The molecule has 2 unspecified atom stereocenters. The molecule has 94 valence electrons. The third-order valence-corrected chi connectivity index (χ3v) is 5.00. The molecule has 2 nitrogen and oxygen atoms in total. The maximum Gasteiger partial charge on any atom is 0.309 e. The van der Waals surface area contributed by atoms with Crippen LogP contribution in [0.2, 0.25) is 0 Å². The minimum Gasteiger partial charge on any atom is -0.466 e. The fourth-order valence-corrected chi connectivity index (χ4v) is 4.24. The summed E-state index contributed by atoms with van der Waals surface area (Å²) in [6.45, 7) is 2.39. The molecule has 0 aliphatic heterocycles. The van der Waals surface area contributed by atoms with Crippen LogP contribution in [0.4, 0.5) is 0 Å². The van der Waals surface area contributed by atoms with Gasteiger partial charge in [-0.1, -0.05) is 17.6 Å². The highest BCUT2D eigenvalue weighted by Gasteiger charge is 2.59. The van der Waals surface area contributed by atoms with Gasteiger partial charge in [-0.3, -0.25) is 4.79 Å². The van der Waals surface area contributed by atoms with E-state index in [9.17, 15) is 4.79 Å². The summed E-state index contributed by atoms with van der Waals surface area (Å²) in [4.78, 5) is 11.6. The first-order valence-corrected chi connectivity index (χ1v) is 7.13. The van der Waals surface area contributed by atoms with E-state index in [1.54, 1.807) is 5.57 Å². The van der Waals surface area contributed by atoms with Crippen LogP contribution in [-0.4, -0.2) is 12.6 Å². The van der Waals surface area contributed by atoms with Crippen LogP contribution in [0.3, 0.4) is 0 Å². The highest BCUT2D eigenvalue weighted by atomic mass is 16.5. The average Bonchev–Trinajstić information content (AvgIpc) is 2.69. The Morgan fingerprint density at radius 1 is 1.41 bits per heavy atom. The largest absolute Gasteiger partial charge is 0.466 e. The molecule has 0 radical (unpaired) electrons. The minimum absolute atomic E-state index is 0.0199. The lowest BCUT2D eigenvalue weighted by Gasteiger charge is -2.16. The van der Waals surface area contributed by atoms with Crippen LogP contribution in [0.5, 0.6) is 0 Å². The minimum atomic E-state index is -0.0199. The lowest BCUT2D eigenvalue weighted by Crippen LogP contribution is -2.08. The maximum atomic E-state index is 11.6. The topological polar surface area (TPSA) is 26.3 Å². The van der Waals surface area contributed by atoms with E-state index >= 15 is 0 Å². The molecule has 0 bridgehead atoms. The molecule has 3 aliphatic carbocycles. The van der Waals surface area contributed by atoms with Gasteiger partial charge in [0.25, 0.3) is 0 Å². The third-order valence-electron chi connectivity index (χ3n) is 5.00. The van der Waals surface area contributed by atoms with Crippen LogP contribution in [0.1, 0.15) is 58.3 Å². The van der Waals surface area contributed by atoms with Crippen molar-refractivity contribution in [2.24, 2.45) is 11.3 Å². The number of esters is 1. The number of allylic oxidation sites excluding steroid dienone is 1. The monoisotopic (exact) mass is 234 g/mol. The van der Waals surface area contributed by atoms with Crippen molar-refractivity contribution in [1.29, 1.82) is 0 Å². The number of hydrogen-bond donors (Lipinski definition) is 0. The molecule has 0 aromatic carbocycles. The fourth-order valence-electron chi connectivity index (χ4n) is 4.24. The summed E-state index contributed by atoms with van der Waals surface area (Å²) in [6.07, 6.45) is 9.86. The molecule has 2 heteroatoms. The summed E-state index contributed by atoms with van der Waals surface area (Å²) < 4.78 is 5.09. The first-order chi connectivity index (χ1) is 8.26. The third kappa shape index (κ3) is 1.82. The molecule has 2 fully saturated rings. The van der Waals surface area contributed by atoms with Crippen LogP contribution >= 0.6 is 0 Å². The number of fused-ring (bicyclic) bond motifs is 1. The second-order valence-corrected chi connectivity index (χ2v) is 5.87. The molecule has 0 aromatic heterocycles. The van der Waals surface area contributed by atoms with Crippen LogP contribution < -0.4 is 0 Å². The van der Waals surface area contributed by atoms with Gasteiger partial charge in [0.15, 0.2) is 0 Å². The predicted octanol–water partition coefficient (Wildman–Crippen LogP) is 3.61. The summed E-state index contributed by atoms with van der Waals surface area (Å²) in [5.41, 5.74) is 3.68. The summed E-state index contributed by atoms with van der Waals surface area (Å²) in [6, 6.07) is 0. The van der Waals surface area contributed by atoms with Gasteiger partial charge in [-0.2, -0.15) is 0 Å². The van der Waals surface area contributed by atoms with Crippen molar-refractivity contribution in [3.05, 3.63) is 11.1 Å². The normalized spacial score (nSPS) is 35.0. The predicted molar refractivity (Wildman–Crippen MR) is 66.5 cm³/mol. The lowest BCUT2D eigenvalue weighted by atomic mass is 9.89. The SMILES string of the molecule is CCOC(=O)CC1=C(C23CCCC2C3)CCC1. The van der Waals surface area contributed by atoms with Gasteiger partial charge < -0.3 is 4.74 Å². The summed E-state index contributed by atoms with van der Waals surface area (Å²) in [7, 11) is 0. The Labute approximate surface area is 103 Å². The number of ether oxygens (including phenoxy) is 1. The van der Waals surface area contributed by atoms with E-state index < -0.39 is 0 Å². The quantitative estimate of drug-likeness (QED) is 0.548.